The molecule has 2 aromatic carbocycles. The number of nitrogens with one attached hydrogen (secondary N) is 2. The van der Waals surface area contributed by atoms with Gasteiger partial charge >= 0.3 is 0 Å². The number of halogens is 1. The average molecular weight is 569 g/mol. The first kappa shape index (κ1) is 28.5. The third-order valence-corrected chi connectivity index (χ3v) is 4.74. The quantitative estimate of drug-likeness (QED) is 0.243. The molecule has 0 aliphatic carbocycles. The predicted octanol–water partition coefficient (Wildman–Crippen LogP) is 4.10. The van der Waals surface area contributed by atoms with Gasteiger partial charge in [0.05, 0.1) is 20.3 Å². The number of amides is 1. The number of hydrogen-bond donors (Lipinski definition) is 2. The van der Waals surface area contributed by atoms with E-state index in [1.807, 2.05) is 49.4 Å². The molecule has 0 heterocycles. The summed E-state index contributed by atoms with van der Waals surface area (Å²) < 4.78 is 11.2. The summed E-state index contributed by atoms with van der Waals surface area (Å²) in [4.78, 5) is 18.4. The highest BCUT2D eigenvalue weighted by atomic mass is 127. The maximum absolute atomic E-state index is 12.2. The molecule has 8 heteroatoms. The van der Waals surface area contributed by atoms with Crippen LogP contribution in [0.4, 0.5) is 0 Å². The van der Waals surface area contributed by atoms with Gasteiger partial charge in [-0.05, 0) is 55.2 Å². The minimum absolute atomic E-state index is 0. The zero-order valence-electron chi connectivity index (χ0n) is 20.3. The Morgan fingerprint density at radius 1 is 1.03 bits per heavy atom. The minimum atomic E-state index is 0. The number of carbonyl (C=O) groups is 1. The monoisotopic (exact) mass is 568 g/mol. The molecule has 33 heavy (non-hydrogen) atoms. The lowest BCUT2D eigenvalue weighted by Crippen LogP contribution is -2.38. The van der Waals surface area contributed by atoms with E-state index in [2.05, 4.69) is 22.5 Å². The number of methoxy groups -OCH3 is 1. The third-order valence-electron chi connectivity index (χ3n) is 4.74. The lowest BCUT2D eigenvalue weighted by molar-refractivity contribution is 0.0827. The predicted molar refractivity (Wildman–Crippen MR) is 145 cm³/mol. The third kappa shape index (κ3) is 9.49. The molecule has 0 bridgehead atoms. The van der Waals surface area contributed by atoms with Crippen LogP contribution < -0.4 is 20.1 Å². The molecule has 2 N–H and O–H groups in total. The van der Waals surface area contributed by atoms with Gasteiger partial charge < -0.3 is 25.0 Å². The van der Waals surface area contributed by atoms with Crippen LogP contribution in [0.5, 0.6) is 11.5 Å². The SMILES string of the molecule is CCCOc1ccc(CN=C(NCC)NCCc2cccc(C(=O)N(C)C)c2)cc1OC.I. The standard InChI is InChI=1S/C25H36N4O3.HI/c1-6-15-32-22-12-11-20(17-23(22)31-5)18-28-25(26-7-2)27-14-13-19-9-8-10-21(16-19)24(30)29(3)4;/h8-12,16-17H,6-7,13-15,18H2,1-5H3,(H2,26,27,28);1H. The van der Waals surface area contributed by atoms with E-state index in [9.17, 15) is 4.79 Å². The Morgan fingerprint density at radius 3 is 2.48 bits per heavy atom. The van der Waals surface area contributed by atoms with Crippen LogP contribution in [-0.2, 0) is 13.0 Å². The number of benzene rings is 2. The molecule has 0 aliphatic heterocycles. The summed E-state index contributed by atoms with van der Waals surface area (Å²) in [6.07, 6.45) is 1.74. The number of carbonyl (C=O) groups excluding carboxylic acids is 1. The van der Waals surface area contributed by atoms with Gasteiger partial charge in [0.15, 0.2) is 17.5 Å². The summed E-state index contributed by atoms with van der Waals surface area (Å²) in [5.74, 6) is 2.23. The summed E-state index contributed by atoms with van der Waals surface area (Å²) in [6, 6.07) is 13.7. The maximum Gasteiger partial charge on any atom is 0.253 e. The van der Waals surface area contributed by atoms with Gasteiger partial charge in [-0.15, -0.1) is 24.0 Å². The molecule has 0 saturated carbocycles. The van der Waals surface area contributed by atoms with E-state index in [4.69, 9.17) is 9.47 Å². The van der Waals surface area contributed by atoms with Gasteiger partial charge in [-0.25, -0.2) is 4.99 Å². The molecule has 7 nitrogen and oxygen atoms in total. The van der Waals surface area contributed by atoms with Gasteiger partial charge in [-0.2, -0.15) is 0 Å². The number of aliphatic imine (C=N–C) groups is 1. The highest BCUT2D eigenvalue weighted by Gasteiger charge is 2.09. The molecule has 0 atom stereocenters. The van der Waals surface area contributed by atoms with Crippen LogP contribution in [0.3, 0.4) is 0 Å². The molecule has 0 saturated heterocycles. The molecule has 0 spiro atoms. The van der Waals surface area contributed by atoms with Crippen molar-refractivity contribution in [2.75, 3.05) is 40.9 Å². The van der Waals surface area contributed by atoms with Crippen LogP contribution in [0.1, 0.15) is 41.8 Å². The summed E-state index contributed by atoms with van der Waals surface area (Å²) in [5, 5.41) is 6.64. The zero-order chi connectivity index (χ0) is 23.3. The Balaban J connectivity index is 0.00000544. The molecular weight excluding hydrogens is 531 g/mol. The smallest absolute Gasteiger partial charge is 0.253 e. The van der Waals surface area contributed by atoms with Gasteiger partial charge in [0.25, 0.3) is 5.91 Å². The van der Waals surface area contributed by atoms with E-state index in [0.717, 1.165) is 48.0 Å². The fourth-order valence-corrected chi connectivity index (χ4v) is 3.10. The molecule has 0 unspecified atom stereocenters. The van der Waals surface area contributed by atoms with E-state index in [-0.39, 0.29) is 29.9 Å². The van der Waals surface area contributed by atoms with Crippen LogP contribution in [0.2, 0.25) is 0 Å². The van der Waals surface area contributed by atoms with Crippen LogP contribution in [0.15, 0.2) is 47.5 Å². The van der Waals surface area contributed by atoms with Crippen molar-refractivity contribution in [1.82, 2.24) is 15.5 Å². The number of guanidine groups is 1. The maximum atomic E-state index is 12.2. The van der Waals surface area contributed by atoms with Crippen molar-refractivity contribution in [3.63, 3.8) is 0 Å². The van der Waals surface area contributed by atoms with Crippen LogP contribution in [-0.4, -0.2) is 57.7 Å². The van der Waals surface area contributed by atoms with Crippen molar-refractivity contribution in [3.8, 4) is 11.5 Å². The van der Waals surface area contributed by atoms with E-state index in [1.165, 1.54) is 0 Å². The topological polar surface area (TPSA) is 75.2 Å². The van der Waals surface area contributed by atoms with E-state index < -0.39 is 0 Å². The number of ether oxygens (including phenoxy) is 2. The molecule has 0 aliphatic rings. The second kappa shape index (κ2) is 15.4. The van der Waals surface area contributed by atoms with Crippen LogP contribution in [0, 0.1) is 0 Å². The van der Waals surface area contributed by atoms with E-state index in [0.29, 0.717) is 25.3 Å². The molecular formula is C25H37IN4O3. The summed E-state index contributed by atoms with van der Waals surface area (Å²) in [7, 11) is 5.17. The lowest BCUT2D eigenvalue weighted by atomic mass is 10.1. The molecule has 0 aromatic heterocycles. The first-order valence-corrected chi connectivity index (χ1v) is 11.1. The molecule has 2 aromatic rings. The minimum Gasteiger partial charge on any atom is -0.493 e. The van der Waals surface area contributed by atoms with Crippen molar-refractivity contribution in [2.45, 2.75) is 33.2 Å². The van der Waals surface area contributed by atoms with Crippen molar-refractivity contribution in [2.24, 2.45) is 4.99 Å². The Kier molecular flexibility index (Phi) is 13.3. The highest BCUT2D eigenvalue weighted by Crippen LogP contribution is 2.28. The van der Waals surface area contributed by atoms with Crippen molar-refractivity contribution >= 4 is 35.8 Å². The molecule has 1 amide bonds. The summed E-state index contributed by atoms with van der Waals surface area (Å²) in [6.45, 7) is 6.77. The van der Waals surface area contributed by atoms with Gasteiger partial charge in [0, 0.05) is 32.7 Å². The average Bonchev–Trinajstić information content (AvgIpc) is 2.81. The van der Waals surface area contributed by atoms with E-state index in [1.54, 1.807) is 26.1 Å². The first-order valence-electron chi connectivity index (χ1n) is 11.1. The highest BCUT2D eigenvalue weighted by molar-refractivity contribution is 14.0. The fraction of sp³-hybridized carbons (Fsp3) is 0.440. The largest absolute Gasteiger partial charge is 0.493 e. The Bertz CT molecular complexity index is 903. The van der Waals surface area contributed by atoms with Crippen LogP contribution >= 0.6 is 24.0 Å². The van der Waals surface area contributed by atoms with Crippen molar-refractivity contribution in [1.29, 1.82) is 0 Å². The second-order valence-corrected chi connectivity index (χ2v) is 7.61. The van der Waals surface area contributed by atoms with Gasteiger partial charge in [-0.1, -0.05) is 25.1 Å². The van der Waals surface area contributed by atoms with E-state index >= 15 is 0 Å². The Morgan fingerprint density at radius 2 is 1.82 bits per heavy atom. The number of hydrogen-bond acceptors (Lipinski definition) is 4. The van der Waals surface area contributed by atoms with Gasteiger partial charge in [0.2, 0.25) is 0 Å². The first-order chi connectivity index (χ1) is 15.5. The Labute approximate surface area is 215 Å². The second-order valence-electron chi connectivity index (χ2n) is 7.61. The molecule has 182 valence electrons. The lowest BCUT2D eigenvalue weighted by Gasteiger charge is -2.14. The van der Waals surface area contributed by atoms with Crippen molar-refractivity contribution in [3.05, 3.63) is 59.2 Å². The molecule has 2 rings (SSSR count). The number of rotatable bonds is 11. The van der Waals surface area contributed by atoms with Crippen LogP contribution in [0.25, 0.3) is 0 Å². The van der Waals surface area contributed by atoms with Gasteiger partial charge in [0.1, 0.15) is 0 Å². The summed E-state index contributed by atoms with van der Waals surface area (Å²) in [5.41, 5.74) is 2.85. The zero-order valence-corrected chi connectivity index (χ0v) is 22.6. The number of nitrogens with zero attached hydrogens (tertiary/aromatic N) is 2. The van der Waals surface area contributed by atoms with Crippen molar-refractivity contribution < 1.29 is 14.3 Å². The molecule has 0 radical (unpaired) electrons. The van der Waals surface area contributed by atoms with Gasteiger partial charge in [-0.3, -0.25) is 4.79 Å². The Hall–Kier alpha value is -2.49. The normalized spacial score (nSPS) is 10.8. The summed E-state index contributed by atoms with van der Waals surface area (Å²) >= 11 is 0. The molecule has 0 fully saturated rings. The fourth-order valence-electron chi connectivity index (χ4n) is 3.10.